The van der Waals surface area contributed by atoms with E-state index in [0.29, 0.717) is 24.0 Å². The summed E-state index contributed by atoms with van der Waals surface area (Å²) in [5, 5.41) is 3.46. The Labute approximate surface area is 131 Å². The topological polar surface area (TPSA) is 49.4 Å². The van der Waals surface area contributed by atoms with E-state index in [1.807, 2.05) is 30.8 Å². The fourth-order valence-electron chi connectivity index (χ4n) is 2.48. The number of rotatable bonds is 5. The van der Waals surface area contributed by atoms with E-state index >= 15 is 0 Å². The largest absolute Gasteiger partial charge is 0.310 e. The van der Waals surface area contributed by atoms with Gasteiger partial charge in [-0.2, -0.15) is 16.1 Å². The van der Waals surface area contributed by atoms with Crippen molar-refractivity contribution < 1.29 is 8.42 Å². The van der Waals surface area contributed by atoms with Crippen molar-refractivity contribution in [3.63, 3.8) is 0 Å². The third kappa shape index (κ3) is 3.62. The Morgan fingerprint density at radius 3 is 2.67 bits per heavy atom. The molecule has 4 nitrogen and oxygen atoms in total. The van der Waals surface area contributed by atoms with E-state index in [-0.39, 0.29) is 0 Å². The third-order valence-corrected chi connectivity index (χ3v) is 6.92. The number of hydrogen-bond donors (Lipinski definition) is 1. The Balaban J connectivity index is 1.81. The Hall–Kier alpha value is -0.560. The molecular weight excluding hydrogens is 304 g/mol. The van der Waals surface area contributed by atoms with Crippen LogP contribution in [0.4, 0.5) is 0 Å². The Kier molecular flexibility index (Phi) is 4.59. The van der Waals surface area contributed by atoms with Crippen LogP contribution in [0.15, 0.2) is 23.1 Å². The minimum atomic E-state index is -3.33. The molecule has 1 heterocycles. The van der Waals surface area contributed by atoms with Crippen LogP contribution >= 0.6 is 11.8 Å². The minimum Gasteiger partial charge on any atom is -0.310 e. The summed E-state index contributed by atoms with van der Waals surface area (Å²) in [5.41, 5.74) is 2.24. The van der Waals surface area contributed by atoms with Gasteiger partial charge in [0.25, 0.3) is 0 Å². The lowest BCUT2D eigenvalue weighted by Gasteiger charge is -2.26. The molecule has 21 heavy (non-hydrogen) atoms. The zero-order valence-electron chi connectivity index (χ0n) is 12.3. The average Bonchev–Trinajstić information content (AvgIpc) is 3.31. The molecule has 0 spiro atoms. The van der Waals surface area contributed by atoms with Crippen LogP contribution in [0, 0.1) is 6.92 Å². The van der Waals surface area contributed by atoms with Crippen molar-refractivity contribution in [1.82, 2.24) is 9.62 Å². The summed E-state index contributed by atoms with van der Waals surface area (Å²) < 4.78 is 27.0. The zero-order chi connectivity index (χ0) is 14.9. The number of nitrogens with one attached hydrogen (secondary N) is 1. The van der Waals surface area contributed by atoms with Gasteiger partial charge in [0.2, 0.25) is 10.0 Å². The Morgan fingerprint density at radius 2 is 2.00 bits per heavy atom. The summed E-state index contributed by atoms with van der Waals surface area (Å²) in [4.78, 5) is 0.438. The van der Waals surface area contributed by atoms with Crippen LogP contribution < -0.4 is 5.32 Å². The number of hydrogen-bond acceptors (Lipinski definition) is 4. The molecule has 0 atom stereocenters. The second-order valence-corrected chi connectivity index (χ2v) is 8.92. The molecule has 2 fully saturated rings. The highest BCUT2D eigenvalue weighted by Gasteiger charge is 2.27. The van der Waals surface area contributed by atoms with Crippen molar-refractivity contribution in [2.45, 2.75) is 37.2 Å². The summed E-state index contributed by atoms with van der Waals surface area (Å²) in [6, 6.07) is 6.15. The van der Waals surface area contributed by atoms with Crippen LogP contribution in [-0.2, 0) is 16.6 Å². The van der Waals surface area contributed by atoms with Gasteiger partial charge in [-0.15, -0.1) is 0 Å². The molecule has 1 aromatic carbocycles. The molecule has 2 aliphatic rings. The van der Waals surface area contributed by atoms with E-state index < -0.39 is 10.0 Å². The van der Waals surface area contributed by atoms with Crippen molar-refractivity contribution in [3.05, 3.63) is 29.3 Å². The summed E-state index contributed by atoms with van der Waals surface area (Å²) in [7, 11) is -3.33. The van der Waals surface area contributed by atoms with Crippen molar-refractivity contribution in [3.8, 4) is 0 Å². The van der Waals surface area contributed by atoms with Gasteiger partial charge in [-0.05, 0) is 43.0 Å². The standard InChI is InChI=1S/C15H22N2O2S2/c1-12-2-5-15(10-13(12)11-16-14-3-4-14)21(18,19)17-6-8-20-9-7-17/h2,5,10,14,16H,3-4,6-9,11H2,1H3. The SMILES string of the molecule is Cc1ccc(S(=O)(=O)N2CCSCC2)cc1CNC1CC1. The third-order valence-electron chi connectivity index (χ3n) is 4.09. The number of thioether (sulfide) groups is 1. The Morgan fingerprint density at radius 1 is 1.29 bits per heavy atom. The lowest BCUT2D eigenvalue weighted by Crippen LogP contribution is -2.37. The van der Waals surface area contributed by atoms with Gasteiger partial charge in [0.1, 0.15) is 0 Å². The molecule has 1 aliphatic carbocycles. The maximum Gasteiger partial charge on any atom is 0.243 e. The molecule has 3 rings (SSSR count). The van der Waals surface area contributed by atoms with E-state index in [9.17, 15) is 8.42 Å². The Bertz CT molecular complexity index is 606. The van der Waals surface area contributed by atoms with Gasteiger partial charge in [0.15, 0.2) is 0 Å². The molecule has 116 valence electrons. The van der Waals surface area contributed by atoms with Gasteiger partial charge >= 0.3 is 0 Å². The van der Waals surface area contributed by atoms with Crippen LogP contribution in [-0.4, -0.2) is 43.4 Å². The predicted octanol–water partition coefficient (Wildman–Crippen LogP) is 1.98. The number of aryl methyl sites for hydroxylation is 1. The molecule has 0 amide bonds. The molecule has 0 bridgehead atoms. The molecular formula is C15H22N2O2S2. The fourth-order valence-corrected chi connectivity index (χ4v) is 5.10. The first-order chi connectivity index (χ1) is 10.1. The summed E-state index contributed by atoms with van der Waals surface area (Å²) >= 11 is 1.82. The first kappa shape index (κ1) is 15.3. The van der Waals surface area contributed by atoms with Gasteiger partial charge in [-0.3, -0.25) is 0 Å². The van der Waals surface area contributed by atoms with Crippen LogP contribution in [0.3, 0.4) is 0 Å². The van der Waals surface area contributed by atoms with Gasteiger partial charge in [0.05, 0.1) is 4.90 Å². The van der Waals surface area contributed by atoms with Crippen molar-refractivity contribution in [1.29, 1.82) is 0 Å². The minimum absolute atomic E-state index is 0.438. The average molecular weight is 326 g/mol. The predicted molar refractivity (Wildman–Crippen MR) is 87.1 cm³/mol. The highest BCUT2D eigenvalue weighted by Crippen LogP contribution is 2.24. The summed E-state index contributed by atoms with van der Waals surface area (Å²) in [5.74, 6) is 1.78. The van der Waals surface area contributed by atoms with Crippen molar-refractivity contribution >= 4 is 21.8 Å². The van der Waals surface area contributed by atoms with E-state index in [1.165, 1.54) is 12.8 Å². The molecule has 1 saturated heterocycles. The molecule has 0 unspecified atom stereocenters. The van der Waals surface area contributed by atoms with Gasteiger partial charge < -0.3 is 5.32 Å². The highest BCUT2D eigenvalue weighted by atomic mass is 32.2. The van der Waals surface area contributed by atoms with E-state index in [0.717, 1.165) is 29.2 Å². The van der Waals surface area contributed by atoms with Crippen molar-refractivity contribution in [2.24, 2.45) is 0 Å². The van der Waals surface area contributed by atoms with E-state index in [4.69, 9.17) is 0 Å². The van der Waals surface area contributed by atoms with Gasteiger partial charge in [0, 0.05) is 37.2 Å². The molecule has 1 N–H and O–H groups in total. The lowest BCUT2D eigenvalue weighted by molar-refractivity contribution is 0.443. The lowest BCUT2D eigenvalue weighted by atomic mass is 10.1. The second-order valence-electron chi connectivity index (χ2n) is 5.76. The summed E-state index contributed by atoms with van der Waals surface area (Å²) in [6.45, 7) is 4.04. The van der Waals surface area contributed by atoms with Crippen LogP contribution in [0.1, 0.15) is 24.0 Å². The van der Waals surface area contributed by atoms with Crippen molar-refractivity contribution in [2.75, 3.05) is 24.6 Å². The number of nitrogens with zero attached hydrogens (tertiary/aromatic N) is 1. The van der Waals surface area contributed by atoms with Gasteiger partial charge in [-0.1, -0.05) is 6.07 Å². The second kappa shape index (κ2) is 6.28. The van der Waals surface area contributed by atoms with E-state index in [1.54, 1.807) is 10.4 Å². The highest BCUT2D eigenvalue weighted by molar-refractivity contribution is 7.99. The fraction of sp³-hybridized carbons (Fsp3) is 0.600. The molecule has 1 aliphatic heterocycles. The van der Waals surface area contributed by atoms with E-state index in [2.05, 4.69) is 5.32 Å². The maximum atomic E-state index is 12.7. The smallest absolute Gasteiger partial charge is 0.243 e. The number of sulfonamides is 1. The quantitative estimate of drug-likeness (QED) is 0.899. The monoisotopic (exact) mass is 326 g/mol. The van der Waals surface area contributed by atoms with Crippen LogP contribution in [0.2, 0.25) is 0 Å². The first-order valence-corrected chi connectivity index (χ1v) is 10.1. The maximum absolute atomic E-state index is 12.7. The first-order valence-electron chi connectivity index (χ1n) is 7.48. The van der Waals surface area contributed by atoms with Gasteiger partial charge in [-0.25, -0.2) is 8.42 Å². The molecule has 0 radical (unpaired) electrons. The van der Waals surface area contributed by atoms with Crippen LogP contribution in [0.5, 0.6) is 0 Å². The zero-order valence-corrected chi connectivity index (χ0v) is 14.0. The van der Waals surface area contributed by atoms with Crippen LogP contribution in [0.25, 0.3) is 0 Å². The number of benzene rings is 1. The molecule has 1 saturated carbocycles. The normalized spacial score (nSPS) is 20.6. The molecule has 6 heteroatoms. The molecule has 0 aromatic heterocycles. The molecule has 1 aromatic rings. The summed E-state index contributed by atoms with van der Waals surface area (Å²) in [6.07, 6.45) is 2.48.